The molecule has 0 saturated heterocycles. The Bertz CT molecular complexity index is 1460. The van der Waals surface area contributed by atoms with E-state index in [0.717, 1.165) is 28.5 Å². The number of para-hydroxylation sites is 1. The van der Waals surface area contributed by atoms with Gasteiger partial charge < -0.3 is 15.7 Å². The molecular weight excluding hydrogens is 466 g/mol. The lowest BCUT2D eigenvalue weighted by molar-refractivity contribution is -0.142. The van der Waals surface area contributed by atoms with E-state index in [1.54, 1.807) is 36.5 Å². The number of aryl methyl sites for hydroxylation is 1. The highest BCUT2D eigenvalue weighted by Gasteiger charge is 2.28. The highest BCUT2D eigenvalue weighted by molar-refractivity contribution is 6.12. The molecule has 37 heavy (non-hydrogen) atoms. The fourth-order valence-corrected chi connectivity index (χ4v) is 4.86. The topological polar surface area (TPSA) is 108 Å². The highest BCUT2D eigenvalue weighted by Crippen LogP contribution is 2.26. The van der Waals surface area contributed by atoms with Gasteiger partial charge in [0.25, 0.3) is 5.91 Å². The molecule has 1 aromatic heterocycles. The first-order valence-electron chi connectivity index (χ1n) is 12.3. The third kappa shape index (κ3) is 5.51. The zero-order valence-electron chi connectivity index (χ0n) is 20.2. The van der Waals surface area contributed by atoms with Gasteiger partial charge in [0.2, 0.25) is 5.91 Å². The Morgan fingerprint density at radius 1 is 0.919 bits per heavy atom. The van der Waals surface area contributed by atoms with E-state index in [-0.39, 0.29) is 24.2 Å². The van der Waals surface area contributed by atoms with Gasteiger partial charge in [-0.2, -0.15) is 0 Å². The van der Waals surface area contributed by atoms with E-state index in [1.165, 1.54) is 5.56 Å². The van der Waals surface area contributed by atoms with Crippen LogP contribution in [0.4, 0.5) is 5.69 Å². The maximum atomic E-state index is 12.9. The number of fused-ring (bicyclic) bond motifs is 2. The number of amides is 2. The number of hydrogen-bond donors (Lipinski definition) is 3. The van der Waals surface area contributed by atoms with Gasteiger partial charge in [0.1, 0.15) is 6.04 Å². The summed E-state index contributed by atoms with van der Waals surface area (Å²) in [6.45, 7) is 0. The summed E-state index contributed by atoms with van der Waals surface area (Å²) in [6, 6.07) is 23.1. The number of hydrogen-bond acceptors (Lipinski definition) is 4. The Labute approximate surface area is 214 Å². The summed E-state index contributed by atoms with van der Waals surface area (Å²) < 4.78 is 0. The molecule has 1 unspecified atom stereocenters. The number of carbonyl (C=O) groups excluding carboxylic acids is 2. The summed E-state index contributed by atoms with van der Waals surface area (Å²) in [5.74, 6) is -1.79. The molecule has 2 atom stereocenters. The average Bonchev–Trinajstić information content (AvgIpc) is 2.93. The van der Waals surface area contributed by atoms with Crippen molar-refractivity contribution in [3.63, 3.8) is 0 Å². The molecule has 3 N–H and O–H groups in total. The fraction of sp³-hybridized carbons (Fsp3) is 0.200. The lowest BCUT2D eigenvalue weighted by Gasteiger charge is -2.25. The monoisotopic (exact) mass is 493 g/mol. The second-order valence-electron chi connectivity index (χ2n) is 9.34. The molecule has 1 aliphatic carbocycles. The second kappa shape index (κ2) is 10.6. The molecule has 7 heteroatoms. The van der Waals surface area contributed by atoms with Crippen LogP contribution in [0.3, 0.4) is 0 Å². The van der Waals surface area contributed by atoms with Crippen molar-refractivity contribution in [1.82, 2.24) is 10.3 Å². The number of carboxylic acid groups (broad SMARTS) is 1. The zero-order valence-corrected chi connectivity index (χ0v) is 20.2. The van der Waals surface area contributed by atoms with Gasteiger partial charge in [-0.15, -0.1) is 0 Å². The maximum Gasteiger partial charge on any atom is 0.326 e. The van der Waals surface area contributed by atoms with Gasteiger partial charge in [0.15, 0.2) is 0 Å². The first-order chi connectivity index (χ1) is 18.0. The lowest BCUT2D eigenvalue weighted by Crippen LogP contribution is -2.46. The number of rotatable bonds is 7. The lowest BCUT2D eigenvalue weighted by atomic mass is 9.83. The first-order valence-corrected chi connectivity index (χ1v) is 12.3. The van der Waals surface area contributed by atoms with Crippen molar-refractivity contribution in [3.05, 3.63) is 107 Å². The Morgan fingerprint density at radius 2 is 1.65 bits per heavy atom. The van der Waals surface area contributed by atoms with Crippen LogP contribution in [0.5, 0.6) is 0 Å². The number of benzene rings is 3. The SMILES string of the molecule is O=C(Nc1ccc(C[C@H](NC(=O)C2CCc3ccccc3C2)C(=O)O)cc1)c1ccnc2ccccc12. The summed E-state index contributed by atoms with van der Waals surface area (Å²) in [7, 11) is 0. The Balaban J connectivity index is 1.22. The van der Waals surface area contributed by atoms with Gasteiger partial charge in [0, 0.05) is 29.6 Å². The summed E-state index contributed by atoms with van der Waals surface area (Å²) in [6.07, 6.45) is 3.89. The number of nitrogens with one attached hydrogen (secondary N) is 2. The van der Waals surface area contributed by atoms with E-state index in [2.05, 4.69) is 21.7 Å². The molecule has 7 nitrogen and oxygen atoms in total. The molecule has 0 aliphatic heterocycles. The molecule has 0 radical (unpaired) electrons. The quantitative estimate of drug-likeness (QED) is 0.354. The minimum atomic E-state index is -1.08. The molecular formula is C30H27N3O4. The number of carbonyl (C=O) groups is 3. The van der Waals surface area contributed by atoms with Crippen LogP contribution in [0.1, 0.15) is 33.5 Å². The van der Waals surface area contributed by atoms with Gasteiger partial charge in [-0.05, 0) is 60.2 Å². The number of pyridine rings is 1. The van der Waals surface area contributed by atoms with Crippen LogP contribution in [0.25, 0.3) is 10.9 Å². The molecule has 2 amide bonds. The van der Waals surface area contributed by atoms with Gasteiger partial charge >= 0.3 is 5.97 Å². The minimum Gasteiger partial charge on any atom is -0.480 e. The van der Waals surface area contributed by atoms with Gasteiger partial charge in [-0.25, -0.2) is 4.79 Å². The van der Waals surface area contributed by atoms with Crippen LogP contribution in [0.15, 0.2) is 85.1 Å². The molecule has 186 valence electrons. The van der Waals surface area contributed by atoms with Crippen molar-refractivity contribution in [3.8, 4) is 0 Å². The smallest absolute Gasteiger partial charge is 0.326 e. The molecule has 3 aromatic carbocycles. The standard InChI is InChI=1S/C30H27N3O4/c34-28(22-12-11-20-5-1-2-6-21(20)18-22)33-27(30(36)37)17-19-9-13-23(14-10-19)32-29(35)25-15-16-31-26-8-4-3-7-24(25)26/h1-10,13-16,22,27H,11-12,17-18H2,(H,32,35)(H,33,34)(H,36,37)/t22?,27-/m0/s1. The normalized spacial score (nSPS) is 15.4. The number of carboxylic acids is 1. The van der Waals surface area contributed by atoms with Crippen molar-refractivity contribution < 1.29 is 19.5 Å². The largest absolute Gasteiger partial charge is 0.480 e. The summed E-state index contributed by atoms with van der Waals surface area (Å²) in [4.78, 5) is 42.0. The van der Waals surface area contributed by atoms with Crippen molar-refractivity contribution in [2.75, 3.05) is 5.32 Å². The molecule has 0 fully saturated rings. The number of aromatic nitrogens is 1. The second-order valence-corrected chi connectivity index (χ2v) is 9.34. The molecule has 4 aromatic rings. The van der Waals surface area contributed by atoms with E-state index < -0.39 is 12.0 Å². The third-order valence-electron chi connectivity index (χ3n) is 6.88. The van der Waals surface area contributed by atoms with E-state index >= 15 is 0 Å². The maximum absolute atomic E-state index is 12.9. The summed E-state index contributed by atoms with van der Waals surface area (Å²) >= 11 is 0. The van der Waals surface area contributed by atoms with Crippen LogP contribution in [0.2, 0.25) is 0 Å². The molecule has 0 spiro atoms. The number of aliphatic carboxylic acids is 1. The molecule has 5 rings (SSSR count). The van der Waals surface area contributed by atoms with Crippen LogP contribution >= 0.6 is 0 Å². The Kier molecular flexibility index (Phi) is 6.94. The van der Waals surface area contributed by atoms with Crippen molar-refractivity contribution in [1.29, 1.82) is 0 Å². The van der Waals surface area contributed by atoms with Crippen LogP contribution < -0.4 is 10.6 Å². The van der Waals surface area contributed by atoms with Crippen LogP contribution in [0, 0.1) is 5.92 Å². The Morgan fingerprint density at radius 3 is 2.43 bits per heavy atom. The molecule has 1 heterocycles. The minimum absolute atomic E-state index is 0.146. The van der Waals surface area contributed by atoms with E-state index in [4.69, 9.17) is 0 Å². The van der Waals surface area contributed by atoms with Crippen LogP contribution in [-0.4, -0.2) is 33.9 Å². The molecule has 0 saturated carbocycles. The van der Waals surface area contributed by atoms with Crippen molar-refractivity contribution in [2.24, 2.45) is 5.92 Å². The highest BCUT2D eigenvalue weighted by atomic mass is 16.4. The van der Waals surface area contributed by atoms with Gasteiger partial charge in [-0.1, -0.05) is 54.6 Å². The molecule has 1 aliphatic rings. The third-order valence-corrected chi connectivity index (χ3v) is 6.88. The molecule has 0 bridgehead atoms. The first kappa shape index (κ1) is 24.2. The average molecular weight is 494 g/mol. The Hall–Kier alpha value is -4.52. The van der Waals surface area contributed by atoms with E-state index in [0.29, 0.717) is 24.1 Å². The van der Waals surface area contributed by atoms with Crippen molar-refractivity contribution >= 4 is 34.4 Å². The van der Waals surface area contributed by atoms with E-state index in [1.807, 2.05) is 42.5 Å². The predicted molar refractivity (Wildman–Crippen MR) is 141 cm³/mol. The number of anilines is 1. The van der Waals surface area contributed by atoms with E-state index in [9.17, 15) is 19.5 Å². The summed E-state index contributed by atoms with van der Waals surface area (Å²) in [5, 5.41) is 16.1. The van der Waals surface area contributed by atoms with Crippen LogP contribution in [-0.2, 0) is 28.9 Å². The predicted octanol–water partition coefficient (Wildman–Crippen LogP) is 4.40. The fourth-order valence-electron chi connectivity index (χ4n) is 4.86. The van der Waals surface area contributed by atoms with Gasteiger partial charge in [-0.3, -0.25) is 14.6 Å². The van der Waals surface area contributed by atoms with Crippen molar-refractivity contribution in [2.45, 2.75) is 31.7 Å². The number of nitrogens with zero attached hydrogens (tertiary/aromatic N) is 1. The van der Waals surface area contributed by atoms with Gasteiger partial charge in [0.05, 0.1) is 11.1 Å². The zero-order chi connectivity index (χ0) is 25.8. The summed E-state index contributed by atoms with van der Waals surface area (Å²) in [5.41, 5.74) is 5.00.